The Morgan fingerprint density at radius 3 is 2.12 bits per heavy atom. The number of alkyl carbamates (subject to hydrolysis) is 1. The van der Waals surface area contributed by atoms with Gasteiger partial charge in [0.05, 0.1) is 0 Å². The number of likely N-dealkylation sites (N-methyl/N-ethyl adjacent to an activating group) is 1. The van der Waals surface area contributed by atoms with Gasteiger partial charge in [-0.2, -0.15) is 13.2 Å². The summed E-state index contributed by atoms with van der Waals surface area (Å²) in [6, 6.07) is 13.9. The van der Waals surface area contributed by atoms with Crippen LogP contribution in [0.2, 0.25) is 0 Å². The molecule has 2 N–H and O–H groups in total. The summed E-state index contributed by atoms with van der Waals surface area (Å²) in [5.41, 5.74) is 3.98. The molecule has 0 heterocycles. The molecule has 2 amide bonds. The highest BCUT2D eigenvalue weighted by atomic mass is 19.4. The third-order valence-electron chi connectivity index (χ3n) is 5.64. The van der Waals surface area contributed by atoms with Gasteiger partial charge in [-0.25, -0.2) is 4.79 Å². The highest BCUT2D eigenvalue weighted by Crippen LogP contribution is 2.44. The first-order valence-corrected chi connectivity index (χ1v) is 10.8. The maximum absolute atomic E-state index is 12.8. The Balaban J connectivity index is 1.70. The summed E-state index contributed by atoms with van der Waals surface area (Å²) >= 11 is 0. The van der Waals surface area contributed by atoms with Gasteiger partial charge >= 0.3 is 18.2 Å². The van der Waals surface area contributed by atoms with Crippen molar-refractivity contribution >= 4 is 18.0 Å². The molecule has 1 aliphatic rings. The van der Waals surface area contributed by atoms with E-state index in [9.17, 15) is 27.6 Å². The van der Waals surface area contributed by atoms with Crippen LogP contribution in [0.4, 0.5) is 18.0 Å². The molecule has 1 unspecified atom stereocenters. The second-order valence-corrected chi connectivity index (χ2v) is 7.92. The van der Waals surface area contributed by atoms with E-state index in [-0.39, 0.29) is 25.5 Å². The van der Waals surface area contributed by atoms with Crippen LogP contribution in [0.3, 0.4) is 0 Å². The molecule has 182 valence electrons. The SMILES string of the molecule is CCN(CC(F)(F)F)C(=O)C(CCC(=O)O)NC(=O)OCC1c2ccccc2-c2ccccc21. The number of hydrogen-bond donors (Lipinski definition) is 2. The van der Waals surface area contributed by atoms with E-state index in [1.54, 1.807) is 0 Å². The summed E-state index contributed by atoms with van der Waals surface area (Å²) in [7, 11) is 0. The molecule has 2 aromatic rings. The van der Waals surface area contributed by atoms with Crippen LogP contribution in [-0.2, 0) is 14.3 Å². The van der Waals surface area contributed by atoms with Crippen LogP contribution in [0.5, 0.6) is 0 Å². The number of fused-ring (bicyclic) bond motifs is 3. The van der Waals surface area contributed by atoms with Crippen molar-refractivity contribution in [3.05, 3.63) is 59.7 Å². The minimum absolute atomic E-state index is 0.0558. The van der Waals surface area contributed by atoms with Gasteiger partial charge < -0.3 is 20.1 Å². The van der Waals surface area contributed by atoms with Gasteiger partial charge in [0.2, 0.25) is 5.91 Å². The number of ether oxygens (including phenoxy) is 1. The summed E-state index contributed by atoms with van der Waals surface area (Å²) < 4.78 is 43.8. The van der Waals surface area contributed by atoms with E-state index in [1.165, 1.54) is 6.92 Å². The number of carbonyl (C=O) groups excluding carboxylic acids is 2. The van der Waals surface area contributed by atoms with Crippen LogP contribution in [0.15, 0.2) is 48.5 Å². The Bertz CT molecular complexity index is 1010. The minimum atomic E-state index is -4.63. The van der Waals surface area contributed by atoms with E-state index in [0.717, 1.165) is 22.3 Å². The number of carbonyl (C=O) groups is 3. The number of hydrogen-bond acceptors (Lipinski definition) is 4. The number of carboxylic acids is 1. The lowest BCUT2D eigenvalue weighted by molar-refractivity contribution is -0.162. The van der Waals surface area contributed by atoms with E-state index in [2.05, 4.69) is 5.32 Å². The number of aliphatic carboxylic acids is 1. The van der Waals surface area contributed by atoms with Crippen LogP contribution >= 0.6 is 0 Å². The van der Waals surface area contributed by atoms with Gasteiger partial charge in [-0.3, -0.25) is 9.59 Å². The number of rotatable bonds is 9. The second-order valence-electron chi connectivity index (χ2n) is 7.92. The molecule has 0 aromatic heterocycles. The molecular weight excluding hydrogens is 453 g/mol. The maximum Gasteiger partial charge on any atom is 0.407 e. The van der Waals surface area contributed by atoms with Gasteiger partial charge in [-0.1, -0.05) is 48.5 Å². The molecule has 0 aliphatic heterocycles. The van der Waals surface area contributed by atoms with E-state index in [0.29, 0.717) is 4.90 Å². The zero-order chi connectivity index (χ0) is 24.9. The quantitative estimate of drug-likeness (QED) is 0.564. The third kappa shape index (κ3) is 6.06. The Morgan fingerprint density at radius 2 is 1.62 bits per heavy atom. The molecule has 0 bridgehead atoms. The fourth-order valence-electron chi connectivity index (χ4n) is 4.09. The first-order valence-electron chi connectivity index (χ1n) is 10.8. The summed E-state index contributed by atoms with van der Waals surface area (Å²) in [5.74, 6) is -2.51. The number of benzene rings is 2. The molecule has 0 saturated heterocycles. The molecule has 7 nitrogen and oxygen atoms in total. The smallest absolute Gasteiger partial charge is 0.407 e. The minimum Gasteiger partial charge on any atom is -0.481 e. The number of nitrogens with one attached hydrogen (secondary N) is 1. The fraction of sp³-hybridized carbons (Fsp3) is 0.375. The average Bonchev–Trinajstić information content (AvgIpc) is 3.11. The van der Waals surface area contributed by atoms with Gasteiger partial charge in [0.15, 0.2) is 0 Å². The van der Waals surface area contributed by atoms with Gasteiger partial charge in [0.1, 0.15) is 19.2 Å². The fourth-order valence-corrected chi connectivity index (χ4v) is 4.09. The van der Waals surface area contributed by atoms with Crippen molar-refractivity contribution in [1.29, 1.82) is 0 Å². The van der Waals surface area contributed by atoms with Gasteiger partial charge in [0, 0.05) is 18.9 Å². The van der Waals surface area contributed by atoms with E-state index >= 15 is 0 Å². The Morgan fingerprint density at radius 1 is 1.06 bits per heavy atom. The summed E-state index contributed by atoms with van der Waals surface area (Å²) in [6.07, 6.45) is -6.52. The predicted molar refractivity (Wildman–Crippen MR) is 117 cm³/mol. The van der Waals surface area contributed by atoms with Crippen molar-refractivity contribution in [2.75, 3.05) is 19.7 Å². The molecule has 0 saturated carbocycles. The van der Waals surface area contributed by atoms with Gasteiger partial charge in [0.25, 0.3) is 0 Å². The van der Waals surface area contributed by atoms with Gasteiger partial charge in [-0.05, 0) is 35.6 Å². The van der Waals surface area contributed by atoms with Crippen molar-refractivity contribution in [2.24, 2.45) is 0 Å². The number of alkyl halides is 3. The first-order chi connectivity index (χ1) is 16.1. The maximum atomic E-state index is 12.8. The molecule has 34 heavy (non-hydrogen) atoms. The van der Waals surface area contributed by atoms with Crippen LogP contribution in [0.1, 0.15) is 36.8 Å². The number of amides is 2. The standard InChI is InChI=1S/C24H25F3N2O5/c1-2-29(14-24(25,26)27)22(32)20(11-12-21(30)31)28-23(33)34-13-19-17-9-5-3-7-15(17)16-8-4-6-10-18(16)19/h3-10,19-20H,2,11-14H2,1H3,(H,28,33)(H,30,31). The highest BCUT2D eigenvalue weighted by Gasteiger charge is 2.36. The number of carboxylic acid groups (broad SMARTS) is 1. The van der Waals surface area contributed by atoms with Crippen LogP contribution in [0.25, 0.3) is 11.1 Å². The largest absolute Gasteiger partial charge is 0.481 e. The molecule has 1 atom stereocenters. The molecule has 2 aromatic carbocycles. The summed E-state index contributed by atoms with van der Waals surface area (Å²) in [5, 5.41) is 11.2. The Labute approximate surface area is 194 Å². The summed E-state index contributed by atoms with van der Waals surface area (Å²) in [4.78, 5) is 36.6. The van der Waals surface area contributed by atoms with Crippen molar-refractivity contribution in [3.63, 3.8) is 0 Å². The second kappa shape index (κ2) is 10.6. The normalized spacial score (nSPS) is 13.5. The molecule has 1 aliphatic carbocycles. The number of halogens is 3. The van der Waals surface area contributed by atoms with Crippen LogP contribution in [-0.4, -0.2) is 59.9 Å². The Hall–Kier alpha value is -3.56. The van der Waals surface area contributed by atoms with E-state index in [4.69, 9.17) is 9.84 Å². The van der Waals surface area contributed by atoms with Crippen molar-refractivity contribution in [2.45, 2.75) is 37.9 Å². The van der Waals surface area contributed by atoms with Crippen molar-refractivity contribution in [1.82, 2.24) is 10.2 Å². The van der Waals surface area contributed by atoms with E-state index < -0.39 is 43.2 Å². The first kappa shape index (κ1) is 25.1. The number of nitrogens with zero attached hydrogens (tertiary/aromatic N) is 1. The summed E-state index contributed by atoms with van der Waals surface area (Å²) in [6.45, 7) is -0.447. The Kier molecular flexibility index (Phi) is 7.80. The molecule has 3 rings (SSSR count). The van der Waals surface area contributed by atoms with Crippen LogP contribution in [0, 0.1) is 0 Å². The lowest BCUT2D eigenvalue weighted by Crippen LogP contribution is -2.51. The zero-order valence-corrected chi connectivity index (χ0v) is 18.5. The monoisotopic (exact) mass is 478 g/mol. The van der Waals surface area contributed by atoms with Crippen molar-refractivity contribution < 1.29 is 37.4 Å². The third-order valence-corrected chi connectivity index (χ3v) is 5.64. The predicted octanol–water partition coefficient (Wildman–Crippen LogP) is 4.17. The van der Waals surface area contributed by atoms with Gasteiger partial charge in [-0.15, -0.1) is 0 Å². The zero-order valence-electron chi connectivity index (χ0n) is 18.5. The topological polar surface area (TPSA) is 95.9 Å². The lowest BCUT2D eigenvalue weighted by Gasteiger charge is -2.27. The average molecular weight is 478 g/mol. The molecule has 10 heteroatoms. The van der Waals surface area contributed by atoms with E-state index in [1.807, 2.05) is 48.5 Å². The molecule has 0 spiro atoms. The van der Waals surface area contributed by atoms with Crippen molar-refractivity contribution in [3.8, 4) is 11.1 Å². The van der Waals surface area contributed by atoms with Crippen LogP contribution < -0.4 is 5.32 Å². The highest BCUT2D eigenvalue weighted by molar-refractivity contribution is 5.86. The molecule has 0 fully saturated rings. The molecule has 0 radical (unpaired) electrons. The lowest BCUT2D eigenvalue weighted by atomic mass is 9.98. The molecular formula is C24H25F3N2O5.